The number of thiophene rings is 1. The topological polar surface area (TPSA) is 76.1 Å². The molecule has 0 aliphatic carbocycles. The van der Waals surface area contributed by atoms with Crippen LogP contribution in [-0.2, 0) is 13.1 Å². The van der Waals surface area contributed by atoms with Crippen molar-refractivity contribution in [2.24, 2.45) is 0 Å². The van der Waals surface area contributed by atoms with Gasteiger partial charge in [-0.05, 0) is 47.9 Å². The number of rotatable bonds is 6. The van der Waals surface area contributed by atoms with Crippen LogP contribution < -0.4 is 15.6 Å². The Morgan fingerprint density at radius 3 is 2.80 bits per heavy atom. The number of para-hydroxylation sites is 1. The number of hydrogen-bond donors (Lipinski definition) is 2. The number of aromatic nitrogens is 2. The monoisotopic (exact) mass is 437 g/mol. The first-order valence-electron chi connectivity index (χ1n) is 9.26. The molecule has 30 heavy (non-hydrogen) atoms. The average Bonchev–Trinajstić information content (AvgIpc) is 3.28. The number of benzene rings is 2. The molecule has 0 aliphatic heterocycles. The molecule has 0 saturated heterocycles. The molecule has 2 heterocycles. The van der Waals surface area contributed by atoms with Crippen LogP contribution in [0.5, 0.6) is 5.75 Å². The average molecular weight is 438 g/mol. The van der Waals surface area contributed by atoms with Crippen molar-refractivity contribution >= 4 is 40.4 Å². The highest BCUT2D eigenvalue weighted by molar-refractivity contribution is 7.71. The Hall–Kier alpha value is -3.23. The molecular formula is C22H19N3O3S2. The summed E-state index contributed by atoms with van der Waals surface area (Å²) >= 11 is 7.01. The van der Waals surface area contributed by atoms with Crippen LogP contribution in [0, 0.1) is 4.77 Å². The number of fused-ring (bicyclic) bond motifs is 1. The number of aromatic amines is 1. The summed E-state index contributed by atoms with van der Waals surface area (Å²) in [6.45, 7) is 0.752. The van der Waals surface area contributed by atoms with Crippen LogP contribution in [0.15, 0.2) is 64.8 Å². The Labute approximate surface area is 181 Å². The van der Waals surface area contributed by atoms with Crippen molar-refractivity contribution in [1.29, 1.82) is 0 Å². The predicted molar refractivity (Wildman–Crippen MR) is 121 cm³/mol. The van der Waals surface area contributed by atoms with Crippen molar-refractivity contribution in [1.82, 2.24) is 14.9 Å². The minimum absolute atomic E-state index is 0.206. The Kier molecular flexibility index (Phi) is 5.78. The number of carbonyl (C=O) groups is 1. The Balaban J connectivity index is 1.64. The zero-order valence-corrected chi connectivity index (χ0v) is 17.8. The molecule has 152 valence electrons. The van der Waals surface area contributed by atoms with E-state index in [2.05, 4.69) is 10.3 Å². The summed E-state index contributed by atoms with van der Waals surface area (Å²) in [5, 5.41) is 5.32. The summed E-state index contributed by atoms with van der Waals surface area (Å²) in [4.78, 5) is 29.7. The molecule has 0 bridgehead atoms. The summed E-state index contributed by atoms with van der Waals surface area (Å²) in [7, 11) is 1.59. The van der Waals surface area contributed by atoms with Crippen LogP contribution in [0.3, 0.4) is 0 Å². The molecule has 0 radical (unpaired) electrons. The number of nitrogens with one attached hydrogen (secondary N) is 2. The summed E-state index contributed by atoms with van der Waals surface area (Å²) < 4.78 is 7.15. The maximum Gasteiger partial charge on any atom is 0.262 e. The minimum Gasteiger partial charge on any atom is -0.496 e. The van der Waals surface area contributed by atoms with Gasteiger partial charge in [-0.25, -0.2) is 0 Å². The highest BCUT2D eigenvalue weighted by atomic mass is 32.1. The van der Waals surface area contributed by atoms with E-state index >= 15 is 0 Å². The van der Waals surface area contributed by atoms with E-state index in [1.54, 1.807) is 36.6 Å². The van der Waals surface area contributed by atoms with E-state index in [9.17, 15) is 9.59 Å². The van der Waals surface area contributed by atoms with Gasteiger partial charge in [0.15, 0.2) is 4.77 Å². The van der Waals surface area contributed by atoms with Crippen molar-refractivity contribution in [3.8, 4) is 5.75 Å². The van der Waals surface area contributed by atoms with Crippen molar-refractivity contribution in [2.45, 2.75) is 13.1 Å². The molecule has 8 heteroatoms. The van der Waals surface area contributed by atoms with Gasteiger partial charge in [-0.3, -0.25) is 14.2 Å². The summed E-state index contributed by atoms with van der Waals surface area (Å²) in [5.74, 6) is 0.486. The molecular weight excluding hydrogens is 418 g/mol. The summed E-state index contributed by atoms with van der Waals surface area (Å²) in [6, 6.07) is 16.4. The lowest BCUT2D eigenvalue weighted by Gasteiger charge is -2.12. The van der Waals surface area contributed by atoms with Gasteiger partial charge in [0.2, 0.25) is 0 Å². The number of ether oxygens (including phenoxy) is 1. The molecule has 6 nitrogen and oxygen atoms in total. The lowest BCUT2D eigenvalue weighted by atomic mass is 10.1. The molecule has 2 N–H and O–H groups in total. The number of H-pyrrole nitrogens is 1. The number of amides is 1. The number of hydrogen-bond acceptors (Lipinski definition) is 5. The standard InChI is InChI=1S/C22H19N3O3S2/c1-28-19-7-3-2-5-15(19)13-25-21(27)17-9-8-14(11-18(17)24-22(25)29)20(26)23-12-16-6-4-10-30-16/h2-11H,12-13H2,1H3,(H,23,26)(H,24,29). The van der Waals surface area contributed by atoms with Gasteiger partial charge < -0.3 is 15.0 Å². The lowest BCUT2D eigenvalue weighted by Crippen LogP contribution is -2.24. The van der Waals surface area contributed by atoms with Gasteiger partial charge >= 0.3 is 0 Å². The van der Waals surface area contributed by atoms with Gasteiger partial charge in [0, 0.05) is 16.0 Å². The SMILES string of the molecule is COc1ccccc1Cn1c(=S)[nH]c2cc(C(=O)NCc3cccs3)ccc2c1=O. The normalized spacial score (nSPS) is 10.8. The fraction of sp³-hybridized carbons (Fsp3) is 0.136. The second-order valence-corrected chi connectivity index (χ2v) is 8.07. The molecule has 0 fully saturated rings. The van der Waals surface area contributed by atoms with E-state index in [1.807, 2.05) is 41.8 Å². The molecule has 4 rings (SSSR count). The second kappa shape index (κ2) is 8.64. The second-order valence-electron chi connectivity index (χ2n) is 6.66. The smallest absolute Gasteiger partial charge is 0.262 e. The number of carbonyl (C=O) groups excluding carboxylic acids is 1. The first kappa shape index (κ1) is 20.1. The predicted octanol–water partition coefficient (Wildman–Crippen LogP) is 4.11. The first-order chi connectivity index (χ1) is 14.6. The maximum atomic E-state index is 13.1. The zero-order chi connectivity index (χ0) is 21.1. The van der Waals surface area contributed by atoms with E-state index < -0.39 is 0 Å². The van der Waals surface area contributed by atoms with Crippen LogP contribution >= 0.6 is 23.6 Å². The molecule has 2 aromatic carbocycles. The minimum atomic E-state index is -0.217. The highest BCUT2D eigenvalue weighted by Crippen LogP contribution is 2.19. The van der Waals surface area contributed by atoms with Gasteiger partial charge in [0.05, 0.1) is 31.1 Å². The summed E-state index contributed by atoms with van der Waals surface area (Å²) in [6.07, 6.45) is 0. The molecule has 0 aliphatic rings. The zero-order valence-electron chi connectivity index (χ0n) is 16.2. The van der Waals surface area contributed by atoms with Crippen LogP contribution in [0.1, 0.15) is 20.8 Å². The fourth-order valence-electron chi connectivity index (χ4n) is 3.23. The fourth-order valence-corrected chi connectivity index (χ4v) is 4.13. The van der Waals surface area contributed by atoms with Crippen molar-refractivity contribution in [3.05, 3.63) is 91.1 Å². The maximum absolute atomic E-state index is 13.1. The van der Waals surface area contributed by atoms with E-state index in [1.165, 1.54) is 4.57 Å². The molecule has 0 unspecified atom stereocenters. The van der Waals surface area contributed by atoms with E-state index in [-0.39, 0.29) is 22.8 Å². The van der Waals surface area contributed by atoms with Crippen molar-refractivity contribution < 1.29 is 9.53 Å². The Bertz CT molecular complexity index is 1320. The number of methoxy groups -OCH3 is 1. The van der Waals surface area contributed by atoms with Gasteiger partial charge in [0.25, 0.3) is 11.5 Å². The Morgan fingerprint density at radius 1 is 1.20 bits per heavy atom. The molecule has 1 amide bonds. The number of nitrogens with zero attached hydrogens (tertiary/aromatic N) is 1. The summed E-state index contributed by atoms with van der Waals surface area (Å²) in [5.41, 5.74) is 1.63. The van der Waals surface area contributed by atoms with Crippen molar-refractivity contribution in [3.63, 3.8) is 0 Å². The molecule has 0 spiro atoms. The molecule has 4 aromatic rings. The van der Waals surface area contributed by atoms with Gasteiger partial charge in [0.1, 0.15) is 5.75 Å². The van der Waals surface area contributed by atoms with Crippen LogP contribution in [0.25, 0.3) is 10.9 Å². The van der Waals surface area contributed by atoms with Gasteiger partial charge in [-0.15, -0.1) is 11.3 Å². The van der Waals surface area contributed by atoms with Gasteiger partial charge in [-0.2, -0.15) is 0 Å². The van der Waals surface area contributed by atoms with Crippen molar-refractivity contribution in [2.75, 3.05) is 7.11 Å². The van der Waals surface area contributed by atoms with E-state index in [4.69, 9.17) is 17.0 Å². The third-order valence-corrected chi connectivity index (χ3v) is 5.97. The van der Waals surface area contributed by atoms with Gasteiger partial charge in [-0.1, -0.05) is 24.3 Å². The van der Waals surface area contributed by atoms with E-state index in [0.717, 1.165) is 10.4 Å². The van der Waals surface area contributed by atoms with Crippen LogP contribution in [-0.4, -0.2) is 22.6 Å². The third-order valence-electron chi connectivity index (χ3n) is 4.77. The quantitative estimate of drug-likeness (QED) is 0.445. The first-order valence-corrected chi connectivity index (χ1v) is 10.5. The molecule has 0 atom stereocenters. The highest BCUT2D eigenvalue weighted by Gasteiger charge is 2.12. The molecule has 0 saturated carbocycles. The van der Waals surface area contributed by atoms with E-state index in [0.29, 0.717) is 28.8 Å². The van der Waals surface area contributed by atoms with Crippen LogP contribution in [0.4, 0.5) is 0 Å². The molecule has 2 aromatic heterocycles. The lowest BCUT2D eigenvalue weighted by molar-refractivity contribution is 0.0951. The Morgan fingerprint density at radius 2 is 2.03 bits per heavy atom. The third kappa shape index (κ3) is 4.05. The largest absolute Gasteiger partial charge is 0.496 e. The van der Waals surface area contributed by atoms with Crippen LogP contribution in [0.2, 0.25) is 0 Å².